The van der Waals surface area contributed by atoms with Gasteiger partial charge in [-0.25, -0.2) is 13.5 Å². The first-order valence-electron chi connectivity index (χ1n) is 9.35. The number of hydrogen-bond acceptors (Lipinski definition) is 5. The van der Waals surface area contributed by atoms with Gasteiger partial charge in [0.2, 0.25) is 0 Å². The van der Waals surface area contributed by atoms with E-state index in [1.54, 1.807) is 6.20 Å². The highest BCUT2D eigenvalue weighted by Gasteiger charge is 2.14. The van der Waals surface area contributed by atoms with Gasteiger partial charge in [0.05, 0.1) is 18.1 Å². The number of ether oxygens (including phenoxy) is 2. The number of nitrogens with one attached hydrogen (secondary N) is 1. The molecule has 0 radical (unpaired) electrons. The molecular formula is C22H16BrF2N3O4. The van der Waals surface area contributed by atoms with Crippen molar-refractivity contribution in [3.63, 3.8) is 0 Å². The van der Waals surface area contributed by atoms with Crippen molar-refractivity contribution in [1.82, 2.24) is 9.78 Å². The first kappa shape index (κ1) is 21.6. The molecule has 0 bridgehead atoms. The summed E-state index contributed by atoms with van der Waals surface area (Å²) in [5.41, 5.74) is 0.456. The molecule has 0 unspecified atom stereocenters. The average Bonchev–Trinajstić information content (AvgIpc) is 3.42. The predicted molar refractivity (Wildman–Crippen MR) is 114 cm³/mol. The van der Waals surface area contributed by atoms with Crippen molar-refractivity contribution in [3.8, 4) is 11.5 Å². The van der Waals surface area contributed by atoms with Crippen molar-refractivity contribution >= 4 is 27.5 Å². The number of benzene rings is 2. The van der Waals surface area contributed by atoms with E-state index in [1.165, 1.54) is 29.1 Å². The Labute approximate surface area is 189 Å². The summed E-state index contributed by atoms with van der Waals surface area (Å²) in [6.07, 6.45) is 3.09. The van der Waals surface area contributed by atoms with Crippen LogP contribution in [0.3, 0.4) is 0 Å². The maximum absolute atomic E-state index is 13.6. The zero-order valence-corrected chi connectivity index (χ0v) is 18.0. The van der Waals surface area contributed by atoms with Crippen LogP contribution in [0, 0.1) is 11.6 Å². The molecule has 1 amide bonds. The molecule has 0 aliphatic rings. The molecule has 0 fully saturated rings. The second-order valence-electron chi connectivity index (χ2n) is 6.58. The monoisotopic (exact) mass is 503 g/mol. The predicted octanol–water partition coefficient (Wildman–Crippen LogP) is 5.38. The molecule has 0 saturated carbocycles. The first-order chi connectivity index (χ1) is 15.5. The fraction of sp³-hybridized carbons (Fsp3) is 0.0909. The van der Waals surface area contributed by atoms with Gasteiger partial charge in [0.25, 0.3) is 5.91 Å². The van der Waals surface area contributed by atoms with Gasteiger partial charge in [0.1, 0.15) is 23.9 Å². The van der Waals surface area contributed by atoms with Crippen molar-refractivity contribution < 1.29 is 27.5 Å². The molecule has 4 rings (SSSR count). The van der Waals surface area contributed by atoms with Gasteiger partial charge in [-0.1, -0.05) is 15.9 Å². The van der Waals surface area contributed by atoms with E-state index in [1.807, 2.05) is 24.3 Å². The summed E-state index contributed by atoms with van der Waals surface area (Å²) in [5.74, 6) is -1.10. The van der Waals surface area contributed by atoms with Gasteiger partial charge < -0.3 is 19.2 Å². The first-order valence-corrected chi connectivity index (χ1v) is 10.1. The summed E-state index contributed by atoms with van der Waals surface area (Å²) < 4.78 is 45.4. The van der Waals surface area contributed by atoms with E-state index >= 15 is 0 Å². The van der Waals surface area contributed by atoms with Crippen molar-refractivity contribution in [2.24, 2.45) is 0 Å². The fourth-order valence-corrected chi connectivity index (χ4v) is 2.95. The lowest BCUT2D eigenvalue weighted by Gasteiger charge is -2.06. The Morgan fingerprint density at radius 1 is 1.09 bits per heavy atom. The zero-order valence-electron chi connectivity index (χ0n) is 16.4. The van der Waals surface area contributed by atoms with Crippen LogP contribution in [0.25, 0.3) is 0 Å². The van der Waals surface area contributed by atoms with Gasteiger partial charge in [0.15, 0.2) is 24.1 Å². The lowest BCUT2D eigenvalue weighted by atomic mass is 10.3. The van der Waals surface area contributed by atoms with Gasteiger partial charge in [-0.3, -0.25) is 4.79 Å². The molecule has 0 spiro atoms. The third-order valence-corrected chi connectivity index (χ3v) is 4.75. The molecular weight excluding hydrogens is 488 g/mol. The van der Waals surface area contributed by atoms with Gasteiger partial charge in [-0.2, -0.15) is 5.10 Å². The van der Waals surface area contributed by atoms with Gasteiger partial charge in [0, 0.05) is 10.5 Å². The van der Waals surface area contributed by atoms with E-state index in [0.717, 1.165) is 16.6 Å². The fourth-order valence-electron chi connectivity index (χ4n) is 2.68. The van der Waals surface area contributed by atoms with Crippen LogP contribution in [-0.4, -0.2) is 15.7 Å². The minimum atomic E-state index is -0.823. The van der Waals surface area contributed by atoms with Crippen LogP contribution in [0.15, 0.2) is 75.9 Å². The molecule has 0 atom stereocenters. The molecule has 164 valence electrons. The summed E-state index contributed by atoms with van der Waals surface area (Å²) >= 11 is 3.36. The summed E-state index contributed by atoms with van der Waals surface area (Å²) in [5, 5.41) is 6.80. The van der Waals surface area contributed by atoms with Crippen LogP contribution in [0.4, 0.5) is 14.5 Å². The van der Waals surface area contributed by atoms with Gasteiger partial charge in [-0.15, -0.1) is 0 Å². The number of nitrogens with zero attached hydrogens (tertiary/aromatic N) is 2. The van der Waals surface area contributed by atoms with Crippen LogP contribution >= 0.6 is 15.9 Å². The van der Waals surface area contributed by atoms with E-state index in [2.05, 4.69) is 26.3 Å². The normalized spacial score (nSPS) is 10.7. The summed E-state index contributed by atoms with van der Waals surface area (Å²) in [7, 11) is 0. The lowest BCUT2D eigenvalue weighted by Crippen LogP contribution is -2.10. The van der Waals surface area contributed by atoms with E-state index in [0.29, 0.717) is 17.2 Å². The Morgan fingerprint density at radius 3 is 2.69 bits per heavy atom. The van der Waals surface area contributed by atoms with Crippen LogP contribution < -0.4 is 14.8 Å². The summed E-state index contributed by atoms with van der Waals surface area (Å²) in [6.45, 7) is 0.0425. The van der Waals surface area contributed by atoms with Crippen LogP contribution in [0.2, 0.25) is 0 Å². The number of furan rings is 1. The average molecular weight is 504 g/mol. The highest BCUT2D eigenvalue weighted by molar-refractivity contribution is 9.10. The highest BCUT2D eigenvalue weighted by atomic mass is 79.9. The molecule has 1 N–H and O–H groups in total. The standard InChI is InChI=1S/C22H16BrF2N3O4/c23-14-1-4-17(5-2-14)31-13-28-11-16(10-26-28)27-22(29)21-8-6-18(32-21)12-30-20-7-3-15(24)9-19(20)25/h1-11H,12-13H2,(H,27,29). The van der Waals surface area contributed by atoms with Crippen LogP contribution in [0.1, 0.15) is 16.3 Å². The van der Waals surface area contributed by atoms with E-state index in [4.69, 9.17) is 13.9 Å². The van der Waals surface area contributed by atoms with E-state index in [-0.39, 0.29) is 24.8 Å². The molecule has 0 aliphatic carbocycles. The highest BCUT2D eigenvalue weighted by Crippen LogP contribution is 2.20. The largest absolute Gasteiger partial charge is 0.483 e. The maximum Gasteiger partial charge on any atom is 0.291 e. The molecule has 10 heteroatoms. The molecule has 0 aliphatic heterocycles. The van der Waals surface area contributed by atoms with Crippen molar-refractivity contribution in [1.29, 1.82) is 0 Å². The van der Waals surface area contributed by atoms with Crippen LogP contribution in [-0.2, 0) is 13.3 Å². The molecule has 2 aromatic heterocycles. The van der Waals surface area contributed by atoms with E-state index in [9.17, 15) is 13.6 Å². The summed E-state index contributed by atoms with van der Waals surface area (Å²) in [4.78, 5) is 12.4. The minimum absolute atomic E-state index is 0.0436. The molecule has 2 heterocycles. The third kappa shape index (κ3) is 5.52. The minimum Gasteiger partial charge on any atom is -0.483 e. The summed E-state index contributed by atoms with van der Waals surface area (Å²) in [6, 6.07) is 13.4. The van der Waals surface area contributed by atoms with Crippen LogP contribution in [0.5, 0.6) is 11.5 Å². The second-order valence-corrected chi connectivity index (χ2v) is 7.50. The Balaban J connectivity index is 1.29. The molecule has 4 aromatic rings. The zero-order chi connectivity index (χ0) is 22.5. The lowest BCUT2D eigenvalue weighted by molar-refractivity contribution is 0.0992. The number of aromatic nitrogens is 2. The molecule has 7 nitrogen and oxygen atoms in total. The second kappa shape index (κ2) is 9.65. The molecule has 2 aromatic carbocycles. The Kier molecular flexibility index (Phi) is 6.50. The van der Waals surface area contributed by atoms with Gasteiger partial charge in [-0.05, 0) is 48.5 Å². The molecule has 0 saturated heterocycles. The smallest absolute Gasteiger partial charge is 0.291 e. The van der Waals surface area contributed by atoms with Gasteiger partial charge >= 0.3 is 0 Å². The SMILES string of the molecule is O=C(Nc1cnn(COc2ccc(Br)cc2)c1)c1ccc(COc2ccc(F)cc2F)o1. The number of halogens is 3. The topological polar surface area (TPSA) is 78.5 Å². The van der Waals surface area contributed by atoms with Crippen molar-refractivity contribution in [2.45, 2.75) is 13.3 Å². The Hall–Kier alpha value is -3.66. The maximum atomic E-state index is 13.6. The number of carbonyl (C=O) groups excluding carboxylic acids is 1. The number of hydrogen-bond donors (Lipinski definition) is 1. The Bertz CT molecular complexity index is 1220. The quantitative estimate of drug-likeness (QED) is 0.349. The number of carbonyl (C=O) groups is 1. The molecule has 32 heavy (non-hydrogen) atoms. The van der Waals surface area contributed by atoms with Crippen molar-refractivity contribution in [2.75, 3.05) is 5.32 Å². The number of anilines is 1. The Morgan fingerprint density at radius 2 is 1.91 bits per heavy atom. The number of rotatable bonds is 8. The van der Waals surface area contributed by atoms with E-state index < -0.39 is 17.5 Å². The number of amides is 1. The van der Waals surface area contributed by atoms with Crippen molar-refractivity contribution in [3.05, 3.63) is 94.6 Å². The third-order valence-electron chi connectivity index (χ3n) is 4.22.